The fourth-order valence-electron chi connectivity index (χ4n) is 4.23. The van der Waals surface area contributed by atoms with Crippen molar-refractivity contribution in [1.29, 1.82) is 0 Å². The van der Waals surface area contributed by atoms with Crippen molar-refractivity contribution >= 4 is 22.0 Å². The number of carbonyl (C=O) groups is 1. The molecule has 0 aromatic heterocycles. The molecule has 3 aliphatic rings. The van der Waals surface area contributed by atoms with E-state index in [1.807, 2.05) is 18.2 Å². The van der Waals surface area contributed by atoms with E-state index in [0.29, 0.717) is 24.3 Å². The number of nitrogens with one attached hydrogen (secondary N) is 1. The van der Waals surface area contributed by atoms with Crippen molar-refractivity contribution in [2.75, 3.05) is 13.0 Å². The van der Waals surface area contributed by atoms with E-state index in [0.717, 1.165) is 18.4 Å². The van der Waals surface area contributed by atoms with Crippen molar-refractivity contribution in [2.45, 2.75) is 43.8 Å². The van der Waals surface area contributed by atoms with Gasteiger partial charge in [0.2, 0.25) is 22.7 Å². The number of benzene rings is 1. The SMILES string of the molecule is CS(=O)(=O)N1[C@H]2CC[C@H]1CC(NC(=O)/C=C/c1ccc3c(c1)OCO3)C2. The number of hydrogen-bond acceptors (Lipinski definition) is 5. The second kappa shape index (κ2) is 6.59. The van der Waals surface area contributed by atoms with E-state index in [4.69, 9.17) is 9.47 Å². The van der Waals surface area contributed by atoms with E-state index < -0.39 is 10.0 Å². The number of amides is 1. The minimum absolute atomic E-state index is 0.00638. The lowest BCUT2D eigenvalue weighted by atomic mass is 10.00. The molecule has 1 aromatic carbocycles. The zero-order chi connectivity index (χ0) is 18.3. The lowest BCUT2D eigenvalue weighted by molar-refractivity contribution is -0.117. The fraction of sp³-hybridized carbons (Fsp3) is 0.500. The second-order valence-electron chi connectivity index (χ2n) is 7.10. The summed E-state index contributed by atoms with van der Waals surface area (Å²) < 4.78 is 36.1. The molecule has 8 heteroatoms. The van der Waals surface area contributed by atoms with Crippen LogP contribution in [0.5, 0.6) is 11.5 Å². The molecule has 2 atom stereocenters. The summed E-state index contributed by atoms with van der Waals surface area (Å²) in [4.78, 5) is 12.2. The Morgan fingerprint density at radius 3 is 2.58 bits per heavy atom. The molecule has 140 valence electrons. The number of fused-ring (bicyclic) bond motifs is 3. The average molecular weight is 378 g/mol. The first-order valence-corrected chi connectivity index (χ1v) is 10.6. The summed E-state index contributed by atoms with van der Waals surface area (Å²) in [6.45, 7) is 0.220. The maximum absolute atomic E-state index is 12.2. The Hall–Kier alpha value is -2.06. The molecule has 2 fully saturated rings. The van der Waals surface area contributed by atoms with Crippen molar-refractivity contribution in [3.63, 3.8) is 0 Å². The molecule has 0 spiro atoms. The minimum Gasteiger partial charge on any atom is -0.454 e. The molecule has 0 radical (unpaired) electrons. The molecule has 0 aliphatic carbocycles. The molecule has 1 aromatic rings. The maximum Gasteiger partial charge on any atom is 0.244 e. The van der Waals surface area contributed by atoms with Crippen molar-refractivity contribution in [3.8, 4) is 11.5 Å². The molecule has 2 bridgehead atoms. The topological polar surface area (TPSA) is 84.9 Å². The number of rotatable bonds is 4. The van der Waals surface area contributed by atoms with Crippen LogP contribution >= 0.6 is 0 Å². The van der Waals surface area contributed by atoms with Gasteiger partial charge in [0.15, 0.2) is 11.5 Å². The fourth-order valence-corrected chi connectivity index (χ4v) is 5.70. The monoisotopic (exact) mass is 378 g/mol. The van der Waals surface area contributed by atoms with Gasteiger partial charge in [0.05, 0.1) is 6.26 Å². The molecular formula is C18H22N2O5S. The van der Waals surface area contributed by atoms with Gasteiger partial charge in [0.1, 0.15) is 0 Å². The Morgan fingerprint density at radius 2 is 1.88 bits per heavy atom. The van der Waals surface area contributed by atoms with Crippen LogP contribution in [0.25, 0.3) is 6.08 Å². The van der Waals surface area contributed by atoms with E-state index in [1.165, 1.54) is 12.3 Å². The number of piperidine rings is 1. The van der Waals surface area contributed by atoms with Gasteiger partial charge < -0.3 is 14.8 Å². The van der Waals surface area contributed by atoms with Crippen molar-refractivity contribution < 1.29 is 22.7 Å². The van der Waals surface area contributed by atoms with Crippen LogP contribution in [-0.4, -0.2) is 49.8 Å². The number of sulfonamides is 1. The van der Waals surface area contributed by atoms with Crippen LogP contribution in [0.2, 0.25) is 0 Å². The first kappa shape index (κ1) is 17.4. The molecule has 4 rings (SSSR count). The van der Waals surface area contributed by atoms with Crippen LogP contribution in [0.1, 0.15) is 31.2 Å². The van der Waals surface area contributed by atoms with Gasteiger partial charge in [-0.3, -0.25) is 4.79 Å². The van der Waals surface area contributed by atoms with Gasteiger partial charge in [-0.1, -0.05) is 6.07 Å². The highest BCUT2D eigenvalue weighted by atomic mass is 32.2. The quantitative estimate of drug-likeness (QED) is 0.803. The molecule has 3 aliphatic heterocycles. The van der Waals surface area contributed by atoms with Gasteiger partial charge in [0.25, 0.3) is 0 Å². The minimum atomic E-state index is -3.18. The summed E-state index contributed by atoms with van der Waals surface area (Å²) in [5, 5.41) is 3.01. The third-order valence-electron chi connectivity index (χ3n) is 5.22. The number of hydrogen-bond donors (Lipinski definition) is 1. The van der Waals surface area contributed by atoms with E-state index in [1.54, 1.807) is 10.4 Å². The predicted octanol–water partition coefficient (Wildman–Crippen LogP) is 1.50. The van der Waals surface area contributed by atoms with Crippen molar-refractivity contribution in [1.82, 2.24) is 9.62 Å². The molecule has 7 nitrogen and oxygen atoms in total. The second-order valence-corrected chi connectivity index (χ2v) is 8.99. The standard InChI is InChI=1S/C18H22N2O5S/c1-26(22,23)20-14-4-5-15(20)10-13(9-14)19-18(21)7-3-12-2-6-16-17(8-12)25-11-24-16/h2-3,6-8,13-15H,4-5,9-11H2,1H3,(H,19,21)/b7-3+/t14-,15-/m0/s1. The molecule has 3 heterocycles. The van der Waals surface area contributed by atoms with Crippen molar-refractivity contribution in [3.05, 3.63) is 29.8 Å². The van der Waals surface area contributed by atoms with Gasteiger partial charge >= 0.3 is 0 Å². The third kappa shape index (κ3) is 3.43. The molecule has 0 unspecified atom stereocenters. The Kier molecular flexibility index (Phi) is 4.40. The Morgan fingerprint density at radius 1 is 1.19 bits per heavy atom. The zero-order valence-corrected chi connectivity index (χ0v) is 15.4. The molecule has 0 saturated carbocycles. The van der Waals surface area contributed by atoms with Gasteiger partial charge in [-0.15, -0.1) is 0 Å². The summed E-state index contributed by atoms with van der Waals surface area (Å²) in [5.74, 6) is 1.22. The highest BCUT2D eigenvalue weighted by molar-refractivity contribution is 7.88. The average Bonchev–Trinajstić information content (AvgIpc) is 3.15. The smallest absolute Gasteiger partial charge is 0.244 e. The third-order valence-corrected chi connectivity index (χ3v) is 6.58. The largest absolute Gasteiger partial charge is 0.454 e. The lowest BCUT2D eigenvalue weighted by Crippen LogP contribution is -2.51. The molecule has 1 amide bonds. The molecule has 2 saturated heterocycles. The van der Waals surface area contributed by atoms with E-state index in [9.17, 15) is 13.2 Å². The normalized spacial score (nSPS) is 27.8. The van der Waals surface area contributed by atoms with Crippen LogP contribution < -0.4 is 14.8 Å². The predicted molar refractivity (Wildman–Crippen MR) is 96.3 cm³/mol. The highest BCUT2D eigenvalue weighted by Gasteiger charge is 2.45. The molecular weight excluding hydrogens is 356 g/mol. The summed E-state index contributed by atoms with van der Waals surface area (Å²) in [6.07, 6.45) is 7.60. The Labute approximate surface area is 153 Å². The number of nitrogens with zero attached hydrogens (tertiary/aromatic N) is 1. The van der Waals surface area contributed by atoms with Crippen LogP contribution in [0.3, 0.4) is 0 Å². The van der Waals surface area contributed by atoms with Crippen LogP contribution in [-0.2, 0) is 14.8 Å². The first-order chi connectivity index (χ1) is 12.4. The summed E-state index contributed by atoms with van der Waals surface area (Å²) in [5.41, 5.74) is 0.858. The highest BCUT2D eigenvalue weighted by Crippen LogP contribution is 2.37. The Balaban J connectivity index is 1.36. The first-order valence-electron chi connectivity index (χ1n) is 8.77. The summed E-state index contributed by atoms with van der Waals surface area (Å²) in [7, 11) is -3.18. The van der Waals surface area contributed by atoms with E-state index in [-0.39, 0.29) is 30.8 Å². The lowest BCUT2D eigenvalue weighted by Gasteiger charge is -2.37. The summed E-state index contributed by atoms with van der Waals surface area (Å²) in [6, 6.07) is 5.54. The maximum atomic E-state index is 12.2. The van der Waals surface area contributed by atoms with E-state index in [2.05, 4.69) is 5.32 Å². The van der Waals surface area contributed by atoms with Gasteiger partial charge in [-0.05, 0) is 49.5 Å². The Bertz CT molecular complexity index is 837. The number of ether oxygens (including phenoxy) is 2. The van der Waals surface area contributed by atoms with Crippen molar-refractivity contribution in [2.24, 2.45) is 0 Å². The molecule has 1 N–H and O–H groups in total. The van der Waals surface area contributed by atoms with Gasteiger partial charge in [-0.25, -0.2) is 8.42 Å². The van der Waals surface area contributed by atoms with Crippen LogP contribution in [0.4, 0.5) is 0 Å². The van der Waals surface area contributed by atoms with Crippen LogP contribution in [0.15, 0.2) is 24.3 Å². The summed E-state index contributed by atoms with van der Waals surface area (Å²) >= 11 is 0. The zero-order valence-electron chi connectivity index (χ0n) is 14.6. The van der Waals surface area contributed by atoms with E-state index >= 15 is 0 Å². The van der Waals surface area contributed by atoms with Gasteiger partial charge in [-0.2, -0.15) is 4.31 Å². The van der Waals surface area contributed by atoms with Gasteiger partial charge in [0, 0.05) is 24.2 Å². The number of carbonyl (C=O) groups excluding carboxylic acids is 1. The molecule has 26 heavy (non-hydrogen) atoms. The van der Waals surface area contributed by atoms with Crippen LogP contribution in [0, 0.1) is 0 Å².